The van der Waals surface area contributed by atoms with Gasteiger partial charge in [0.15, 0.2) is 0 Å². The molecule has 0 aliphatic rings. The molecule has 1 heterocycles. The van der Waals surface area contributed by atoms with Crippen LogP contribution in [0.15, 0.2) is 24.5 Å². The monoisotopic (exact) mass is 280 g/mol. The number of carboxylic acid groups (broad SMARTS) is 1. The summed E-state index contributed by atoms with van der Waals surface area (Å²) in [6, 6.07) is 3.07. The van der Waals surface area contributed by atoms with E-state index in [1.54, 1.807) is 45.3 Å². The standard InChI is InChI=1S/C14H20N2O4/c1-14(2,3)20-13(19)16-11(4-5-12(17)18)10-6-8-15-9-7-10/h6-9,11H,4-5H2,1-3H3,(H,16,19)(H,17,18). The number of hydrogen-bond acceptors (Lipinski definition) is 4. The Kier molecular flexibility index (Phi) is 5.49. The van der Waals surface area contributed by atoms with Gasteiger partial charge in [-0.15, -0.1) is 0 Å². The first-order valence-electron chi connectivity index (χ1n) is 6.39. The zero-order valence-corrected chi connectivity index (χ0v) is 11.9. The summed E-state index contributed by atoms with van der Waals surface area (Å²) in [5, 5.41) is 11.5. The first-order valence-corrected chi connectivity index (χ1v) is 6.39. The fourth-order valence-corrected chi connectivity index (χ4v) is 1.64. The van der Waals surface area contributed by atoms with Crippen LogP contribution in [-0.4, -0.2) is 27.8 Å². The zero-order valence-electron chi connectivity index (χ0n) is 11.9. The first kappa shape index (κ1) is 15.9. The van der Waals surface area contributed by atoms with Crippen molar-refractivity contribution in [2.75, 3.05) is 0 Å². The number of ether oxygens (including phenoxy) is 1. The second kappa shape index (κ2) is 6.88. The van der Waals surface area contributed by atoms with Crippen molar-refractivity contribution in [2.45, 2.75) is 45.3 Å². The summed E-state index contributed by atoms with van der Waals surface area (Å²) in [6.07, 6.45) is 2.88. The van der Waals surface area contributed by atoms with Crippen LogP contribution in [0.2, 0.25) is 0 Å². The highest BCUT2D eigenvalue weighted by Crippen LogP contribution is 2.19. The van der Waals surface area contributed by atoms with E-state index in [0.717, 1.165) is 5.56 Å². The summed E-state index contributed by atoms with van der Waals surface area (Å²) in [7, 11) is 0. The van der Waals surface area contributed by atoms with Gasteiger partial charge >= 0.3 is 12.1 Å². The molecule has 20 heavy (non-hydrogen) atoms. The van der Waals surface area contributed by atoms with E-state index in [1.165, 1.54) is 0 Å². The van der Waals surface area contributed by atoms with Crippen LogP contribution in [0.3, 0.4) is 0 Å². The highest BCUT2D eigenvalue weighted by atomic mass is 16.6. The Balaban J connectivity index is 2.73. The lowest BCUT2D eigenvalue weighted by Crippen LogP contribution is -2.35. The van der Waals surface area contributed by atoms with Crippen LogP contribution in [-0.2, 0) is 9.53 Å². The van der Waals surface area contributed by atoms with Gasteiger partial charge in [-0.1, -0.05) is 0 Å². The number of carbonyl (C=O) groups excluding carboxylic acids is 1. The Hall–Kier alpha value is -2.11. The first-order chi connectivity index (χ1) is 9.28. The quantitative estimate of drug-likeness (QED) is 0.865. The van der Waals surface area contributed by atoms with Crippen LogP contribution >= 0.6 is 0 Å². The normalized spacial score (nSPS) is 12.6. The minimum atomic E-state index is -0.907. The molecule has 1 amide bonds. The molecule has 0 fully saturated rings. The topological polar surface area (TPSA) is 88.5 Å². The SMILES string of the molecule is CC(C)(C)OC(=O)NC(CCC(=O)O)c1ccncc1. The molecule has 1 aromatic rings. The molecule has 110 valence electrons. The van der Waals surface area contributed by atoms with Crippen molar-refractivity contribution in [1.29, 1.82) is 0 Å². The lowest BCUT2D eigenvalue weighted by atomic mass is 10.0. The molecule has 0 aromatic carbocycles. The molecule has 1 atom stereocenters. The van der Waals surface area contributed by atoms with Crippen molar-refractivity contribution in [1.82, 2.24) is 10.3 Å². The number of carbonyl (C=O) groups is 2. The summed E-state index contributed by atoms with van der Waals surface area (Å²) in [6.45, 7) is 5.31. The molecule has 2 N–H and O–H groups in total. The van der Waals surface area contributed by atoms with E-state index in [4.69, 9.17) is 9.84 Å². The number of pyridine rings is 1. The van der Waals surface area contributed by atoms with Gasteiger partial charge in [-0.05, 0) is 44.9 Å². The Morgan fingerprint density at radius 2 is 1.95 bits per heavy atom. The maximum Gasteiger partial charge on any atom is 0.408 e. The van der Waals surface area contributed by atoms with Crippen LogP contribution in [0.25, 0.3) is 0 Å². The van der Waals surface area contributed by atoms with E-state index in [-0.39, 0.29) is 6.42 Å². The summed E-state index contributed by atoms with van der Waals surface area (Å²) < 4.78 is 5.18. The number of hydrogen-bond donors (Lipinski definition) is 2. The summed E-state index contributed by atoms with van der Waals surface area (Å²) in [5.74, 6) is -0.907. The molecule has 6 nitrogen and oxygen atoms in total. The number of nitrogens with zero attached hydrogens (tertiary/aromatic N) is 1. The third-order valence-electron chi connectivity index (χ3n) is 2.45. The van der Waals surface area contributed by atoms with Gasteiger partial charge < -0.3 is 15.2 Å². The fraction of sp³-hybridized carbons (Fsp3) is 0.500. The number of alkyl carbamates (subject to hydrolysis) is 1. The van der Waals surface area contributed by atoms with Crippen LogP contribution in [0.4, 0.5) is 4.79 Å². The maximum absolute atomic E-state index is 11.8. The smallest absolute Gasteiger partial charge is 0.408 e. The van der Waals surface area contributed by atoms with Crippen molar-refractivity contribution in [2.24, 2.45) is 0 Å². The number of nitrogens with one attached hydrogen (secondary N) is 1. The number of amides is 1. The number of aliphatic carboxylic acids is 1. The van der Waals surface area contributed by atoms with Gasteiger partial charge in [0, 0.05) is 18.8 Å². The third kappa shape index (κ3) is 6.17. The van der Waals surface area contributed by atoms with Gasteiger partial charge in [0.2, 0.25) is 0 Å². The van der Waals surface area contributed by atoms with Gasteiger partial charge in [-0.2, -0.15) is 0 Å². The van der Waals surface area contributed by atoms with Gasteiger partial charge in [0.1, 0.15) is 5.60 Å². The van der Waals surface area contributed by atoms with E-state index < -0.39 is 23.7 Å². The van der Waals surface area contributed by atoms with Crippen LogP contribution < -0.4 is 5.32 Å². The van der Waals surface area contributed by atoms with Crippen molar-refractivity contribution in [3.8, 4) is 0 Å². The molecule has 0 aliphatic heterocycles. The predicted octanol–water partition coefficient (Wildman–Crippen LogP) is 2.51. The van der Waals surface area contributed by atoms with Crippen LogP contribution in [0.1, 0.15) is 45.2 Å². The predicted molar refractivity (Wildman–Crippen MR) is 73.2 cm³/mol. The average molecular weight is 280 g/mol. The van der Waals surface area contributed by atoms with Crippen LogP contribution in [0.5, 0.6) is 0 Å². The molecular weight excluding hydrogens is 260 g/mol. The average Bonchev–Trinajstić information content (AvgIpc) is 2.33. The second-order valence-corrected chi connectivity index (χ2v) is 5.41. The van der Waals surface area contributed by atoms with Gasteiger partial charge in [-0.3, -0.25) is 9.78 Å². The number of aromatic nitrogens is 1. The number of carboxylic acids is 1. The fourth-order valence-electron chi connectivity index (χ4n) is 1.64. The summed E-state index contributed by atoms with van der Waals surface area (Å²) >= 11 is 0. The van der Waals surface area contributed by atoms with Crippen molar-refractivity contribution in [3.05, 3.63) is 30.1 Å². The highest BCUT2D eigenvalue weighted by Gasteiger charge is 2.21. The summed E-state index contributed by atoms with van der Waals surface area (Å²) in [5.41, 5.74) is 0.201. The van der Waals surface area contributed by atoms with Crippen molar-refractivity contribution < 1.29 is 19.4 Å². The molecule has 6 heteroatoms. The van der Waals surface area contributed by atoms with E-state index in [2.05, 4.69) is 10.3 Å². The molecule has 0 saturated carbocycles. The molecule has 0 radical (unpaired) electrons. The molecule has 1 unspecified atom stereocenters. The second-order valence-electron chi connectivity index (χ2n) is 5.41. The van der Waals surface area contributed by atoms with E-state index in [1.807, 2.05) is 0 Å². The minimum absolute atomic E-state index is 0.0389. The molecule has 1 aromatic heterocycles. The molecular formula is C14H20N2O4. The molecule has 1 rings (SSSR count). The molecule has 0 spiro atoms. The van der Waals surface area contributed by atoms with E-state index in [0.29, 0.717) is 6.42 Å². The van der Waals surface area contributed by atoms with Gasteiger partial charge in [0.25, 0.3) is 0 Å². The lowest BCUT2D eigenvalue weighted by molar-refractivity contribution is -0.137. The largest absolute Gasteiger partial charge is 0.481 e. The highest BCUT2D eigenvalue weighted by molar-refractivity contribution is 5.69. The van der Waals surface area contributed by atoms with E-state index >= 15 is 0 Å². The summed E-state index contributed by atoms with van der Waals surface area (Å²) in [4.78, 5) is 26.4. The van der Waals surface area contributed by atoms with Gasteiger partial charge in [0.05, 0.1) is 6.04 Å². The Bertz CT molecular complexity index is 454. The van der Waals surface area contributed by atoms with Gasteiger partial charge in [-0.25, -0.2) is 4.79 Å². The van der Waals surface area contributed by atoms with E-state index in [9.17, 15) is 9.59 Å². The Morgan fingerprint density at radius 3 is 2.45 bits per heavy atom. The third-order valence-corrected chi connectivity index (χ3v) is 2.45. The van der Waals surface area contributed by atoms with Crippen LogP contribution in [0, 0.1) is 0 Å². The maximum atomic E-state index is 11.8. The number of rotatable bonds is 5. The Morgan fingerprint density at radius 1 is 1.35 bits per heavy atom. The molecule has 0 saturated heterocycles. The molecule has 0 bridgehead atoms. The van der Waals surface area contributed by atoms with Crippen molar-refractivity contribution >= 4 is 12.1 Å². The minimum Gasteiger partial charge on any atom is -0.481 e. The lowest BCUT2D eigenvalue weighted by Gasteiger charge is -2.23. The zero-order chi connectivity index (χ0) is 15.2. The Labute approximate surface area is 118 Å². The molecule has 0 aliphatic carbocycles. The van der Waals surface area contributed by atoms with Crippen molar-refractivity contribution in [3.63, 3.8) is 0 Å².